The van der Waals surface area contributed by atoms with Gasteiger partial charge in [-0.25, -0.2) is 15.0 Å². The standard InChI is InChI=1S/C67H46N4O/c1-2-21-49(22-3-1)71-59-27-12-10-24-51(59)55-26-14-20-47(64(55)71)40-61-68-66(48-30-29-41-15-4-5-17-43(41)38-48)70-67(69-61)57-36-35-53(63-56-25-11-13-28-60(56)72-65(57)63)52-34-32-46-37-44-18-6-7-19-45(44)39-58(46)54-33-31-42-16-8-9-23-50(42)62(52)54/h1-31,33,35-39,52,54,62H,32,34,40H2. The summed E-state index contributed by atoms with van der Waals surface area (Å²) in [5, 5.41) is 9.56. The zero-order valence-electron chi connectivity index (χ0n) is 39.4. The van der Waals surface area contributed by atoms with Crippen LogP contribution in [0.25, 0.3) is 99.8 Å². The number of allylic oxidation sites excluding steroid dienone is 1. The number of hydrogen-bond donors (Lipinski definition) is 0. The monoisotopic (exact) mass is 922 g/mol. The molecule has 13 aromatic rings. The van der Waals surface area contributed by atoms with Crippen LogP contribution >= 0.6 is 0 Å². The Bertz CT molecular complexity index is 4350. The van der Waals surface area contributed by atoms with Gasteiger partial charge in [-0.2, -0.15) is 0 Å². The highest BCUT2D eigenvalue weighted by Gasteiger charge is 2.39. The Morgan fingerprint density at radius 2 is 1.25 bits per heavy atom. The molecule has 5 nitrogen and oxygen atoms in total. The average molecular weight is 923 g/mol. The number of para-hydroxylation sites is 4. The van der Waals surface area contributed by atoms with E-state index in [4.69, 9.17) is 19.4 Å². The van der Waals surface area contributed by atoms with E-state index in [1.54, 1.807) is 0 Å². The van der Waals surface area contributed by atoms with Crippen molar-refractivity contribution in [3.8, 4) is 28.5 Å². The number of hydrogen-bond acceptors (Lipinski definition) is 4. The van der Waals surface area contributed by atoms with Crippen LogP contribution in [0.2, 0.25) is 0 Å². The van der Waals surface area contributed by atoms with Gasteiger partial charge in [0.1, 0.15) is 17.0 Å². The summed E-state index contributed by atoms with van der Waals surface area (Å²) in [5.74, 6) is 2.53. The van der Waals surface area contributed by atoms with Crippen LogP contribution in [0.4, 0.5) is 0 Å². The van der Waals surface area contributed by atoms with Crippen LogP contribution in [0.5, 0.6) is 0 Å². The number of rotatable bonds is 6. The number of aromatic nitrogens is 4. The van der Waals surface area contributed by atoms with Gasteiger partial charge in [0.05, 0.1) is 16.6 Å². The van der Waals surface area contributed by atoms with Crippen molar-refractivity contribution >= 4 is 71.4 Å². The molecule has 0 amide bonds. The molecule has 3 aromatic heterocycles. The lowest BCUT2D eigenvalue weighted by Crippen LogP contribution is -2.20. The molecule has 72 heavy (non-hydrogen) atoms. The number of benzene rings is 10. The molecule has 10 aromatic carbocycles. The second-order valence-electron chi connectivity index (χ2n) is 19.7. The predicted molar refractivity (Wildman–Crippen MR) is 295 cm³/mol. The molecule has 5 heteroatoms. The van der Waals surface area contributed by atoms with Crippen molar-refractivity contribution in [2.75, 3.05) is 0 Å². The normalized spacial score (nSPS) is 16.4. The van der Waals surface area contributed by atoms with Gasteiger partial charge >= 0.3 is 0 Å². The van der Waals surface area contributed by atoms with E-state index >= 15 is 0 Å². The lowest BCUT2D eigenvalue weighted by molar-refractivity contribution is 0.488. The lowest BCUT2D eigenvalue weighted by atomic mass is 9.67. The lowest BCUT2D eigenvalue weighted by Gasteiger charge is -2.35. The van der Waals surface area contributed by atoms with E-state index in [0.717, 1.165) is 73.6 Å². The largest absolute Gasteiger partial charge is 0.455 e. The van der Waals surface area contributed by atoms with Gasteiger partial charge in [0, 0.05) is 51.1 Å². The number of nitrogens with zero attached hydrogens (tertiary/aromatic N) is 4. The fraction of sp³-hybridized carbons (Fsp3) is 0.0896. The van der Waals surface area contributed by atoms with Crippen LogP contribution in [0.1, 0.15) is 63.4 Å². The van der Waals surface area contributed by atoms with Crippen LogP contribution < -0.4 is 0 Å². The first-order valence-electron chi connectivity index (χ1n) is 25.2. The Morgan fingerprint density at radius 1 is 0.528 bits per heavy atom. The smallest absolute Gasteiger partial charge is 0.167 e. The molecule has 0 bridgehead atoms. The topological polar surface area (TPSA) is 56.7 Å². The molecule has 0 radical (unpaired) electrons. The second-order valence-corrected chi connectivity index (χ2v) is 19.7. The van der Waals surface area contributed by atoms with Crippen molar-refractivity contribution in [3.63, 3.8) is 0 Å². The zero-order valence-corrected chi connectivity index (χ0v) is 39.4. The summed E-state index contributed by atoms with van der Waals surface area (Å²) < 4.78 is 9.51. The highest BCUT2D eigenvalue weighted by molar-refractivity contribution is 6.12. The maximum atomic E-state index is 7.12. The molecule has 340 valence electrons. The molecule has 2 aliphatic rings. The quantitative estimate of drug-likeness (QED) is 0.167. The summed E-state index contributed by atoms with van der Waals surface area (Å²) in [6, 6.07) is 76.9. The molecule has 15 rings (SSSR count). The van der Waals surface area contributed by atoms with Gasteiger partial charge in [-0.1, -0.05) is 188 Å². The Morgan fingerprint density at radius 3 is 2.14 bits per heavy atom. The minimum atomic E-state index is 0.188. The van der Waals surface area contributed by atoms with Gasteiger partial charge < -0.3 is 8.98 Å². The minimum Gasteiger partial charge on any atom is -0.455 e. The average Bonchev–Trinajstić information content (AvgIpc) is 3.95. The summed E-state index contributed by atoms with van der Waals surface area (Å²) in [6.07, 6.45) is 7.31. The predicted octanol–water partition coefficient (Wildman–Crippen LogP) is 16.7. The van der Waals surface area contributed by atoms with E-state index in [1.807, 2.05) is 0 Å². The highest BCUT2D eigenvalue weighted by atomic mass is 16.3. The molecular weight excluding hydrogens is 877 g/mol. The summed E-state index contributed by atoms with van der Waals surface area (Å²) in [7, 11) is 0. The number of fused-ring (bicyclic) bond motifs is 13. The van der Waals surface area contributed by atoms with Crippen molar-refractivity contribution < 1.29 is 4.42 Å². The Labute approximate surface area is 416 Å². The van der Waals surface area contributed by atoms with Gasteiger partial charge in [-0.15, -0.1) is 0 Å². The third-order valence-corrected chi connectivity index (χ3v) is 15.8. The highest BCUT2D eigenvalue weighted by Crippen LogP contribution is 2.55. The van der Waals surface area contributed by atoms with Crippen LogP contribution in [0, 0.1) is 0 Å². The molecule has 3 heterocycles. The van der Waals surface area contributed by atoms with Crippen molar-refractivity contribution in [2.24, 2.45) is 0 Å². The molecular formula is C67H46N4O. The second kappa shape index (κ2) is 16.3. The van der Waals surface area contributed by atoms with Gasteiger partial charge in [0.15, 0.2) is 11.6 Å². The van der Waals surface area contributed by atoms with Crippen molar-refractivity contribution in [1.82, 2.24) is 19.5 Å². The van der Waals surface area contributed by atoms with Crippen molar-refractivity contribution in [2.45, 2.75) is 37.0 Å². The number of aryl methyl sites for hydroxylation is 1. The summed E-state index contributed by atoms with van der Waals surface area (Å²) in [5.41, 5.74) is 14.9. The van der Waals surface area contributed by atoms with E-state index < -0.39 is 0 Å². The molecule has 0 aliphatic heterocycles. The van der Waals surface area contributed by atoms with Crippen LogP contribution in [0.15, 0.2) is 223 Å². The first-order valence-corrected chi connectivity index (χ1v) is 25.2. The van der Waals surface area contributed by atoms with Crippen LogP contribution in [-0.4, -0.2) is 19.5 Å². The maximum absolute atomic E-state index is 7.12. The molecule has 3 unspecified atom stereocenters. The Kier molecular flexibility index (Phi) is 9.28. The van der Waals surface area contributed by atoms with Gasteiger partial charge in [0.25, 0.3) is 0 Å². The number of furan rings is 1. The van der Waals surface area contributed by atoms with E-state index in [0.29, 0.717) is 23.9 Å². The third kappa shape index (κ3) is 6.50. The fourth-order valence-electron chi connectivity index (χ4n) is 12.6. The van der Waals surface area contributed by atoms with E-state index in [-0.39, 0.29) is 17.8 Å². The van der Waals surface area contributed by atoms with Gasteiger partial charge in [-0.05, 0) is 110 Å². The zero-order chi connectivity index (χ0) is 47.3. The minimum absolute atomic E-state index is 0.188. The molecule has 3 atom stereocenters. The first-order chi connectivity index (χ1) is 35.7. The van der Waals surface area contributed by atoms with Gasteiger partial charge in [0.2, 0.25) is 0 Å². The molecule has 0 fully saturated rings. The summed E-state index contributed by atoms with van der Waals surface area (Å²) in [6.45, 7) is 0. The van der Waals surface area contributed by atoms with Crippen LogP contribution in [0.3, 0.4) is 0 Å². The van der Waals surface area contributed by atoms with E-state index in [2.05, 4.69) is 229 Å². The first kappa shape index (κ1) is 40.9. The van der Waals surface area contributed by atoms with Crippen molar-refractivity contribution in [1.29, 1.82) is 0 Å². The third-order valence-electron chi connectivity index (χ3n) is 15.8. The SMILES string of the molecule is C1=CC2c3cc4ccccc4cc3CCC(c3ccc(-c4nc(Cc5cccc6c7ccccc7n(-c7ccccc7)c56)nc(-c5ccc6ccccc6c5)n4)c4oc5ccccc5c34)C2c2ccccc21. The molecule has 0 spiro atoms. The molecule has 0 saturated heterocycles. The van der Waals surface area contributed by atoms with Crippen LogP contribution in [-0.2, 0) is 12.8 Å². The van der Waals surface area contributed by atoms with Crippen molar-refractivity contribution in [3.05, 3.63) is 258 Å². The summed E-state index contributed by atoms with van der Waals surface area (Å²) >= 11 is 0. The molecule has 0 N–H and O–H groups in total. The Balaban J connectivity index is 0.937. The van der Waals surface area contributed by atoms with Gasteiger partial charge in [-0.3, -0.25) is 0 Å². The Hall–Kier alpha value is -8.93. The van der Waals surface area contributed by atoms with E-state index in [1.165, 1.54) is 54.7 Å². The maximum Gasteiger partial charge on any atom is 0.167 e. The summed E-state index contributed by atoms with van der Waals surface area (Å²) in [4.78, 5) is 16.2. The van der Waals surface area contributed by atoms with E-state index in [9.17, 15) is 0 Å². The molecule has 0 saturated carbocycles. The molecule has 2 aliphatic carbocycles. The fourth-order valence-corrected chi connectivity index (χ4v) is 12.6.